The van der Waals surface area contributed by atoms with E-state index in [-0.39, 0.29) is 11.9 Å². The Labute approximate surface area is 183 Å². The summed E-state index contributed by atoms with van der Waals surface area (Å²) in [6.07, 6.45) is 4.36. The van der Waals surface area contributed by atoms with E-state index in [9.17, 15) is 4.79 Å². The molecule has 4 nitrogen and oxygen atoms in total. The topological polar surface area (TPSA) is 35.6 Å². The molecule has 6 heteroatoms. The number of nitrogens with one attached hydrogen (secondary N) is 1. The van der Waals surface area contributed by atoms with Gasteiger partial charge in [0, 0.05) is 42.8 Å². The highest BCUT2D eigenvalue weighted by Crippen LogP contribution is 2.26. The molecule has 0 aliphatic carbocycles. The van der Waals surface area contributed by atoms with Crippen LogP contribution >= 0.6 is 23.2 Å². The first-order valence-corrected chi connectivity index (χ1v) is 10.7. The van der Waals surface area contributed by atoms with E-state index in [4.69, 9.17) is 23.2 Å². The van der Waals surface area contributed by atoms with Crippen LogP contribution in [-0.4, -0.2) is 55.0 Å². The van der Waals surface area contributed by atoms with Crippen molar-refractivity contribution in [1.82, 2.24) is 15.1 Å². The number of carbonyl (C=O) groups is 1. The Morgan fingerprint density at radius 2 is 1.76 bits per heavy atom. The summed E-state index contributed by atoms with van der Waals surface area (Å²) >= 11 is 12.2. The number of nitrogens with zero attached hydrogens (tertiary/aromatic N) is 2. The van der Waals surface area contributed by atoms with Gasteiger partial charge in [0.2, 0.25) is 5.91 Å². The van der Waals surface area contributed by atoms with E-state index < -0.39 is 0 Å². The zero-order chi connectivity index (χ0) is 20.6. The third kappa shape index (κ3) is 6.86. The number of rotatable bonds is 7. The van der Waals surface area contributed by atoms with Gasteiger partial charge in [0.15, 0.2) is 0 Å². The molecule has 1 atom stereocenters. The Bertz CT molecular complexity index is 833. The predicted octanol–water partition coefficient (Wildman–Crippen LogP) is 4.50. The van der Waals surface area contributed by atoms with Crippen molar-refractivity contribution in [2.45, 2.75) is 13.0 Å². The minimum Gasteiger partial charge on any atom is -0.348 e. The van der Waals surface area contributed by atoms with Gasteiger partial charge in [0.25, 0.3) is 0 Å². The van der Waals surface area contributed by atoms with Gasteiger partial charge >= 0.3 is 0 Å². The summed E-state index contributed by atoms with van der Waals surface area (Å²) in [5, 5.41) is 4.20. The van der Waals surface area contributed by atoms with Crippen LogP contribution in [0.2, 0.25) is 10.0 Å². The summed E-state index contributed by atoms with van der Waals surface area (Å²) in [4.78, 5) is 17.0. The average Bonchev–Trinajstić information content (AvgIpc) is 2.70. The fourth-order valence-corrected chi connectivity index (χ4v) is 4.02. The lowest BCUT2D eigenvalue weighted by atomic mass is 10.1. The van der Waals surface area contributed by atoms with Crippen LogP contribution < -0.4 is 5.32 Å². The van der Waals surface area contributed by atoms with Crippen molar-refractivity contribution < 1.29 is 4.79 Å². The molecule has 0 bridgehead atoms. The normalized spacial score (nSPS) is 16.8. The summed E-state index contributed by atoms with van der Waals surface area (Å²) in [6, 6.07) is 15.5. The van der Waals surface area contributed by atoms with Crippen molar-refractivity contribution in [3.05, 3.63) is 75.8 Å². The van der Waals surface area contributed by atoms with Gasteiger partial charge in [-0.1, -0.05) is 71.8 Å². The van der Waals surface area contributed by atoms with Crippen LogP contribution in [-0.2, 0) is 4.79 Å². The van der Waals surface area contributed by atoms with Gasteiger partial charge in [-0.2, -0.15) is 0 Å². The smallest absolute Gasteiger partial charge is 0.234 e. The van der Waals surface area contributed by atoms with Crippen LogP contribution in [0, 0.1) is 0 Å². The number of halogens is 2. The van der Waals surface area contributed by atoms with Crippen molar-refractivity contribution in [3.8, 4) is 0 Å². The molecule has 0 spiro atoms. The van der Waals surface area contributed by atoms with Crippen molar-refractivity contribution >= 4 is 35.2 Å². The Morgan fingerprint density at radius 3 is 2.45 bits per heavy atom. The molecular formula is C23H27Cl2N3O. The summed E-state index contributed by atoms with van der Waals surface area (Å²) in [5.41, 5.74) is 2.09. The highest BCUT2D eigenvalue weighted by atomic mass is 35.5. The summed E-state index contributed by atoms with van der Waals surface area (Å²) in [6.45, 7) is 6.98. The molecular weight excluding hydrogens is 405 g/mol. The maximum atomic E-state index is 12.4. The van der Waals surface area contributed by atoms with Gasteiger partial charge in [0.1, 0.15) is 0 Å². The number of carbonyl (C=O) groups excluding carboxylic acids is 1. The van der Waals surface area contributed by atoms with Crippen molar-refractivity contribution in [3.63, 3.8) is 0 Å². The zero-order valence-corrected chi connectivity index (χ0v) is 18.2. The molecule has 0 aromatic heterocycles. The summed E-state index contributed by atoms with van der Waals surface area (Å²) in [7, 11) is 0. The van der Waals surface area contributed by atoms with Crippen molar-refractivity contribution in [1.29, 1.82) is 0 Å². The minimum atomic E-state index is -0.156. The monoisotopic (exact) mass is 431 g/mol. The maximum absolute atomic E-state index is 12.4. The summed E-state index contributed by atoms with van der Waals surface area (Å²) < 4.78 is 0. The van der Waals surface area contributed by atoms with Crippen molar-refractivity contribution in [2.24, 2.45) is 0 Å². The summed E-state index contributed by atoms with van der Waals surface area (Å²) in [5.74, 6) is 0.0148. The first-order chi connectivity index (χ1) is 14.0. The van der Waals surface area contributed by atoms with Gasteiger partial charge < -0.3 is 5.32 Å². The molecule has 1 aliphatic heterocycles. The van der Waals surface area contributed by atoms with Crippen molar-refractivity contribution in [2.75, 3.05) is 39.3 Å². The lowest BCUT2D eigenvalue weighted by Gasteiger charge is -2.33. The molecule has 1 aliphatic rings. The Morgan fingerprint density at radius 1 is 1.07 bits per heavy atom. The number of benzene rings is 2. The minimum absolute atomic E-state index is 0.0148. The lowest BCUT2D eigenvalue weighted by Crippen LogP contribution is -2.49. The third-order valence-corrected chi connectivity index (χ3v) is 5.67. The first-order valence-electron chi connectivity index (χ1n) is 9.92. The molecule has 1 amide bonds. The second kappa shape index (κ2) is 10.8. The van der Waals surface area contributed by atoms with Crippen LogP contribution in [0.15, 0.2) is 54.6 Å². The van der Waals surface area contributed by atoms with E-state index in [0.29, 0.717) is 16.6 Å². The van der Waals surface area contributed by atoms with Crippen LogP contribution in [0.1, 0.15) is 24.1 Å². The molecule has 29 heavy (non-hydrogen) atoms. The van der Waals surface area contributed by atoms with Crippen LogP contribution in [0.25, 0.3) is 6.08 Å². The molecule has 1 N–H and O–H groups in total. The standard InChI is InChI=1S/C23H27Cl2N3O/c1-18(21-10-9-20(24)16-22(21)25)26-23(29)17-28-14-12-27(13-15-28)11-5-8-19-6-3-2-4-7-19/h2-10,16,18H,11-15,17H2,1H3,(H,26,29)/b8-5+. The SMILES string of the molecule is CC(NC(=O)CN1CCN(C/C=C/c2ccccc2)CC1)c1ccc(Cl)cc1Cl. The van der Waals surface area contributed by atoms with E-state index in [0.717, 1.165) is 38.3 Å². The van der Waals surface area contributed by atoms with E-state index in [1.54, 1.807) is 12.1 Å². The van der Waals surface area contributed by atoms with Crippen LogP contribution in [0.5, 0.6) is 0 Å². The number of piperazine rings is 1. The van der Waals surface area contributed by atoms with Gasteiger partial charge in [-0.3, -0.25) is 14.6 Å². The third-order valence-electron chi connectivity index (χ3n) is 5.11. The molecule has 1 fully saturated rings. The highest BCUT2D eigenvalue weighted by molar-refractivity contribution is 6.35. The van der Waals surface area contributed by atoms with Gasteiger partial charge in [0.05, 0.1) is 12.6 Å². The van der Waals surface area contributed by atoms with E-state index >= 15 is 0 Å². The average molecular weight is 432 g/mol. The number of hydrogen-bond acceptors (Lipinski definition) is 3. The largest absolute Gasteiger partial charge is 0.348 e. The molecule has 2 aromatic rings. The molecule has 1 unspecified atom stereocenters. The molecule has 1 saturated heterocycles. The van der Waals surface area contributed by atoms with E-state index in [2.05, 4.69) is 39.4 Å². The maximum Gasteiger partial charge on any atom is 0.234 e. The lowest BCUT2D eigenvalue weighted by molar-refractivity contribution is -0.123. The second-order valence-corrected chi connectivity index (χ2v) is 8.19. The fourth-order valence-electron chi connectivity index (χ4n) is 3.45. The second-order valence-electron chi connectivity index (χ2n) is 7.34. The van der Waals surface area contributed by atoms with E-state index in [1.165, 1.54) is 5.56 Å². The van der Waals surface area contributed by atoms with E-state index in [1.807, 2.05) is 31.2 Å². The Balaban J connectivity index is 1.39. The zero-order valence-electron chi connectivity index (χ0n) is 16.7. The van der Waals surface area contributed by atoms with Gasteiger partial charge in [-0.05, 0) is 30.2 Å². The fraction of sp³-hybridized carbons (Fsp3) is 0.348. The van der Waals surface area contributed by atoms with Gasteiger partial charge in [-0.25, -0.2) is 0 Å². The van der Waals surface area contributed by atoms with Crippen LogP contribution in [0.4, 0.5) is 0 Å². The predicted molar refractivity (Wildman–Crippen MR) is 121 cm³/mol. The van der Waals surface area contributed by atoms with Crippen LogP contribution in [0.3, 0.4) is 0 Å². The molecule has 0 saturated carbocycles. The molecule has 0 radical (unpaired) electrons. The number of hydrogen-bond donors (Lipinski definition) is 1. The first kappa shape index (κ1) is 21.8. The Kier molecular flexibility index (Phi) is 8.13. The molecule has 3 rings (SSSR count). The molecule has 1 heterocycles. The number of amides is 1. The molecule has 2 aromatic carbocycles. The quantitative estimate of drug-likeness (QED) is 0.700. The Hall–Kier alpha value is -1.85. The van der Waals surface area contributed by atoms with Gasteiger partial charge in [-0.15, -0.1) is 0 Å². The highest BCUT2D eigenvalue weighted by Gasteiger charge is 2.20. The molecule has 154 valence electrons.